The van der Waals surface area contributed by atoms with E-state index >= 15 is 0 Å². The molecule has 198 valence electrons. The molecule has 2 aromatic carbocycles. The quantitative estimate of drug-likeness (QED) is 0.288. The van der Waals surface area contributed by atoms with E-state index in [0.717, 1.165) is 51.7 Å². The van der Waals surface area contributed by atoms with Gasteiger partial charge in [-0.2, -0.15) is 5.10 Å². The third-order valence-corrected chi connectivity index (χ3v) is 6.22. The first-order valence-electron chi connectivity index (χ1n) is 12.3. The molecule has 0 radical (unpaired) electrons. The average Bonchev–Trinajstić information content (AvgIpc) is 3.31. The second-order valence-corrected chi connectivity index (χ2v) is 9.68. The zero-order chi connectivity index (χ0) is 25.8. The molecule has 0 aliphatic carbocycles. The summed E-state index contributed by atoms with van der Waals surface area (Å²) in [5, 5.41) is 8.01. The Bertz CT molecular complexity index is 1300. The van der Waals surface area contributed by atoms with E-state index in [4.69, 9.17) is 14.5 Å². The van der Waals surface area contributed by atoms with Crippen LogP contribution in [0.4, 0.5) is 11.4 Å². The summed E-state index contributed by atoms with van der Waals surface area (Å²) in [6.07, 6.45) is 5.55. The molecule has 1 N–H and O–H groups in total. The second kappa shape index (κ2) is 12.3. The van der Waals surface area contributed by atoms with Gasteiger partial charge in [0.25, 0.3) is 0 Å². The molecule has 0 amide bonds. The summed E-state index contributed by atoms with van der Waals surface area (Å²) in [5.74, 6) is 1.92. The number of anilines is 2. The summed E-state index contributed by atoms with van der Waals surface area (Å²) in [6, 6.07) is 12.8. The van der Waals surface area contributed by atoms with Gasteiger partial charge in [0.15, 0.2) is 0 Å². The number of hydrogen-bond donors (Lipinski definition) is 1. The van der Waals surface area contributed by atoms with Crippen LogP contribution in [-0.2, 0) is 7.05 Å². The summed E-state index contributed by atoms with van der Waals surface area (Å²) in [4.78, 5) is 11.9. The van der Waals surface area contributed by atoms with Crippen molar-refractivity contribution in [3.63, 3.8) is 0 Å². The molecule has 37 heavy (non-hydrogen) atoms. The Hall–Kier alpha value is -3.36. The SMILES string of the molecule is COc1cc(OC)cc(N(CC(NC(C)C)C(C)C)c2ccc3ncc(-c4cnn(C)c4)nc3c2)c1.Cl. The minimum absolute atomic E-state index is 0. The highest BCUT2D eigenvalue weighted by molar-refractivity contribution is 5.85. The van der Waals surface area contributed by atoms with Gasteiger partial charge in [0.2, 0.25) is 0 Å². The van der Waals surface area contributed by atoms with E-state index in [1.807, 2.05) is 37.5 Å². The van der Waals surface area contributed by atoms with Crippen LogP contribution in [0.25, 0.3) is 22.3 Å². The van der Waals surface area contributed by atoms with Gasteiger partial charge in [-0.25, -0.2) is 4.98 Å². The van der Waals surface area contributed by atoms with Crippen molar-refractivity contribution in [2.75, 3.05) is 25.7 Å². The van der Waals surface area contributed by atoms with Gasteiger partial charge in [0.05, 0.1) is 43.3 Å². The van der Waals surface area contributed by atoms with Crippen molar-refractivity contribution in [1.82, 2.24) is 25.1 Å². The predicted octanol–water partition coefficient (Wildman–Crippen LogP) is 5.63. The van der Waals surface area contributed by atoms with Gasteiger partial charge in [-0.15, -0.1) is 12.4 Å². The molecule has 4 aromatic rings. The first-order chi connectivity index (χ1) is 17.3. The second-order valence-electron chi connectivity index (χ2n) is 9.68. The van der Waals surface area contributed by atoms with E-state index < -0.39 is 0 Å². The summed E-state index contributed by atoms with van der Waals surface area (Å²) in [6.45, 7) is 9.61. The predicted molar refractivity (Wildman–Crippen MR) is 152 cm³/mol. The van der Waals surface area contributed by atoms with Crippen molar-refractivity contribution >= 4 is 34.8 Å². The van der Waals surface area contributed by atoms with Gasteiger partial charge in [-0.3, -0.25) is 9.67 Å². The molecule has 0 aliphatic rings. The molecule has 8 nitrogen and oxygen atoms in total. The summed E-state index contributed by atoms with van der Waals surface area (Å²) in [5.41, 5.74) is 5.41. The van der Waals surface area contributed by atoms with Gasteiger partial charge in [-0.1, -0.05) is 27.7 Å². The smallest absolute Gasteiger partial charge is 0.124 e. The molecule has 0 spiro atoms. The topological polar surface area (TPSA) is 77.3 Å². The first-order valence-corrected chi connectivity index (χ1v) is 12.3. The lowest BCUT2D eigenvalue weighted by Gasteiger charge is -2.33. The van der Waals surface area contributed by atoms with E-state index in [1.54, 1.807) is 31.3 Å². The van der Waals surface area contributed by atoms with E-state index in [-0.39, 0.29) is 18.4 Å². The molecule has 0 bridgehead atoms. The molecule has 1 unspecified atom stereocenters. The lowest BCUT2D eigenvalue weighted by Crippen LogP contribution is -2.45. The number of rotatable bonds is 10. The van der Waals surface area contributed by atoms with Gasteiger partial charge in [0.1, 0.15) is 11.5 Å². The highest BCUT2D eigenvalue weighted by atomic mass is 35.5. The fourth-order valence-electron chi connectivity index (χ4n) is 4.25. The molecule has 0 fully saturated rings. The van der Waals surface area contributed by atoms with Crippen LogP contribution in [0.2, 0.25) is 0 Å². The van der Waals surface area contributed by atoms with Crippen molar-refractivity contribution in [1.29, 1.82) is 0 Å². The number of halogens is 1. The van der Waals surface area contributed by atoms with Crippen LogP contribution in [0.1, 0.15) is 27.7 Å². The Morgan fingerprint density at radius 1 is 0.919 bits per heavy atom. The lowest BCUT2D eigenvalue weighted by molar-refractivity contribution is 0.375. The lowest BCUT2D eigenvalue weighted by atomic mass is 10.0. The molecular weight excluding hydrogens is 488 g/mol. The van der Waals surface area contributed by atoms with Crippen LogP contribution in [0, 0.1) is 5.92 Å². The molecule has 0 saturated heterocycles. The first kappa shape index (κ1) is 28.2. The average molecular weight is 525 g/mol. The molecule has 2 aromatic heterocycles. The fraction of sp³-hybridized carbons (Fsp3) is 0.393. The van der Waals surface area contributed by atoms with Crippen molar-refractivity contribution in [3.8, 4) is 22.8 Å². The maximum atomic E-state index is 5.58. The Morgan fingerprint density at radius 2 is 1.62 bits per heavy atom. The summed E-state index contributed by atoms with van der Waals surface area (Å²) < 4.78 is 12.9. The van der Waals surface area contributed by atoms with Crippen LogP contribution < -0.4 is 19.7 Å². The molecule has 0 saturated carbocycles. The van der Waals surface area contributed by atoms with Crippen LogP contribution >= 0.6 is 12.4 Å². The standard InChI is InChI=1S/C28H36N6O2.ClH/c1-18(2)28(31-19(3)4)17-34(22-10-23(35-6)13-24(11-22)36-7)21-8-9-25-26(12-21)32-27(15-29-25)20-14-30-33(5)16-20;/h8-16,18-19,28,31H,17H2,1-7H3;1H. The van der Waals surface area contributed by atoms with E-state index in [9.17, 15) is 0 Å². The molecule has 2 heterocycles. The highest BCUT2D eigenvalue weighted by Crippen LogP contribution is 2.34. The Morgan fingerprint density at radius 3 is 2.19 bits per heavy atom. The number of fused-ring (bicyclic) bond motifs is 1. The number of benzene rings is 2. The third-order valence-electron chi connectivity index (χ3n) is 6.22. The van der Waals surface area contributed by atoms with Crippen molar-refractivity contribution in [2.45, 2.75) is 39.8 Å². The number of nitrogens with one attached hydrogen (secondary N) is 1. The number of aromatic nitrogens is 4. The maximum absolute atomic E-state index is 5.58. The minimum Gasteiger partial charge on any atom is -0.497 e. The van der Waals surface area contributed by atoms with Crippen molar-refractivity contribution in [3.05, 3.63) is 55.0 Å². The minimum atomic E-state index is 0. The molecule has 0 aliphatic heterocycles. The van der Waals surface area contributed by atoms with E-state index in [0.29, 0.717) is 12.0 Å². The number of hydrogen-bond acceptors (Lipinski definition) is 7. The molecule has 4 rings (SSSR count). The number of aryl methyl sites for hydroxylation is 1. The summed E-state index contributed by atoms with van der Waals surface area (Å²) in [7, 11) is 5.24. The Balaban J connectivity index is 0.00000380. The Labute approximate surface area is 225 Å². The Kier molecular flexibility index (Phi) is 9.34. The van der Waals surface area contributed by atoms with Crippen molar-refractivity contribution < 1.29 is 9.47 Å². The van der Waals surface area contributed by atoms with Gasteiger partial charge in [0, 0.05) is 67.0 Å². The third kappa shape index (κ3) is 6.70. The summed E-state index contributed by atoms with van der Waals surface area (Å²) >= 11 is 0. The fourth-order valence-corrected chi connectivity index (χ4v) is 4.25. The van der Waals surface area contributed by atoms with Gasteiger partial charge in [-0.05, 0) is 24.1 Å². The van der Waals surface area contributed by atoms with E-state index in [2.05, 4.69) is 60.1 Å². The zero-order valence-electron chi connectivity index (χ0n) is 22.6. The number of ether oxygens (including phenoxy) is 2. The largest absolute Gasteiger partial charge is 0.497 e. The van der Waals surface area contributed by atoms with Crippen LogP contribution in [-0.4, -0.2) is 52.6 Å². The monoisotopic (exact) mass is 524 g/mol. The number of nitrogens with zero attached hydrogens (tertiary/aromatic N) is 5. The number of methoxy groups -OCH3 is 2. The highest BCUT2D eigenvalue weighted by Gasteiger charge is 2.22. The van der Waals surface area contributed by atoms with Crippen LogP contribution in [0.15, 0.2) is 55.0 Å². The zero-order valence-corrected chi connectivity index (χ0v) is 23.4. The maximum Gasteiger partial charge on any atom is 0.124 e. The van der Waals surface area contributed by atoms with Gasteiger partial charge >= 0.3 is 0 Å². The van der Waals surface area contributed by atoms with E-state index in [1.165, 1.54) is 0 Å². The molecular formula is C28H37ClN6O2. The molecule has 9 heteroatoms. The van der Waals surface area contributed by atoms with Gasteiger partial charge < -0.3 is 19.7 Å². The normalized spacial score (nSPS) is 12.0. The van der Waals surface area contributed by atoms with Crippen LogP contribution in [0.3, 0.4) is 0 Å². The van der Waals surface area contributed by atoms with Crippen molar-refractivity contribution in [2.24, 2.45) is 13.0 Å². The van der Waals surface area contributed by atoms with Crippen LogP contribution in [0.5, 0.6) is 11.5 Å². The molecule has 1 atom stereocenters.